The second-order valence-electron chi connectivity index (χ2n) is 4.94. The summed E-state index contributed by atoms with van der Waals surface area (Å²) < 4.78 is 10.9. The first-order valence-corrected chi connectivity index (χ1v) is 6.78. The number of rotatable bonds is 4. The van der Waals surface area contributed by atoms with Gasteiger partial charge in [-0.05, 0) is 25.5 Å². The molecule has 0 radical (unpaired) electrons. The fourth-order valence-corrected chi connectivity index (χ4v) is 2.40. The van der Waals surface area contributed by atoms with Gasteiger partial charge in [-0.1, -0.05) is 5.16 Å². The van der Waals surface area contributed by atoms with Crippen LogP contribution >= 0.6 is 0 Å². The lowest BCUT2D eigenvalue weighted by molar-refractivity contribution is 0.0650. The quantitative estimate of drug-likeness (QED) is 0.915. The van der Waals surface area contributed by atoms with Gasteiger partial charge in [-0.3, -0.25) is 0 Å². The summed E-state index contributed by atoms with van der Waals surface area (Å²) in [5.74, 6) is 1.40. The number of ether oxygens (including phenoxy) is 1. The standard InChI is InChI=1S/C14H15N5O2/c1-9-18-14(21-19-9)13-10(3-5-20-13)8-17-11-2-4-16-12(6-11)7-15/h2,4,6,10,13H,3,5,8H2,1H3,(H,16,17)/t10-,13-/m0/s1. The third-order valence-electron chi connectivity index (χ3n) is 3.44. The summed E-state index contributed by atoms with van der Waals surface area (Å²) in [4.78, 5) is 8.19. The van der Waals surface area contributed by atoms with Crippen molar-refractivity contribution < 1.29 is 9.26 Å². The average molecular weight is 285 g/mol. The van der Waals surface area contributed by atoms with Crippen molar-refractivity contribution >= 4 is 5.69 Å². The van der Waals surface area contributed by atoms with Gasteiger partial charge in [0.2, 0.25) is 0 Å². The van der Waals surface area contributed by atoms with Crippen LogP contribution in [0.15, 0.2) is 22.9 Å². The molecule has 1 N–H and O–H groups in total. The summed E-state index contributed by atoms with van der Waals surface area (Å²) in [6.07, 6.45) is 2.37. The van der Waals surface area contributed by atoms with Gasteiger partial charge in [0.15, 0.2) is 5.82 Å². The predicted molar refractivity (Wildman–Crippen MR) is 73.3 cm³/mol. The fraction of sp³-hybridized carbons (Fsp3) is 0.429. The van der Waals surface area contributed by atoms with E-state index in [-0.39, 0.29) is 12.0 Å². The first-order valence-electron chi connectivity index (χ1n) is 6.78. The minimum absolute atomic E-state index is 0.170. The molecule has 7 heteroatoms. The molecule has 108 valence electrons. The Morgan fingerprint density at radius 1 is 1.52 bits per heavy atom. The molecule has 1 aliphatic rings. The van der Waals surface area contributed by atoms with Crippen LogP contribution in [-0.2, 0) is 4.74 Å². The number of anilines is 1. The fourth-order valence-electron chi connectivity index (χ4n) is 2.40. The van der Waals surface area contributed by atoms with Gasteiger partial charge in [-0.15, -0.1) is 0 Å². The maximum absolute atomic E-state index is 8.85. The van der Waals surface area contributed by atoms with E-state index in [1.54, 1.807) is 19.2 Å². The van der Waals surface area contributed by atoms with Crippen LogP contribution in [0.4, 0.5) is 5.69 Å². The lowest BCUT2D eigenvalue weighted by atomic mass is 10.0. The van der Waals surface area contributed by atoms with Crippen LogP contribution in [0.2, 0.25) is 0 Å². The smallest absolute Gasteiger partial charge is 0.256 e. The number of hydrogen-bond acceptors (Lipinski definition) is 7. The van der Waals surface area contributed by atoms with Crippen LogP contribution in [0, 0.1) is 24.2 Å². The average Bonchev–Trinajstić information content (AvgIpc) is 3.13. The molecule has 3 rings (SSSR count). The van der Waals surface area contributed by atoms with Gasteiger partial charge < -0.3 is 14.6 Å². The summed E-state index contributed by atoms with van der Waals surface area (Å²) in [5, 5.41) is 16.0. The summed E-state index contributed by atoms with van der Waals surface area (Å²) in [5.41, 5.74) is 1.26. The number of nitrogens with one attached hydrogen (secondary N) is 1. The van der Waals surface area contributed by atoms with Crippen molar-refractivity contribution in [2.45, 2.75) is 19.4 Å². The SMILES string of the molecule is Cc1noc([C@H]2OCC[C@H]2CNc2ccnc(C#N)c2)n1. The van der Waals surface area contributed by atoms with Gasteiger partial charge in [0.05, 0.1) is 0 Å². The number of nitriles is 1. The van der Waals surface area contributed by atoms with Gasteiger partial charge in [-0.25, -0.2) is 4.98 Å². The van der Waals surface area contributed by atoms with Gasteiger partial charge in [-0.2, -0.15) is 10.2 Å². The van der Waals surface area contributed by atoms with Gasteiger partial charge in [0.1, 0.15) is 17.9 Å². The van der Waals surface area contributed by atoms with Crippen LogP contribution in [0.3, 0.4) is 0 Å². The molecule has 7 nitrogen and oxygen atoms in total. The van der Waals surface area contributed by atoms with E-state index in [9.17, 15) is 0 Å². The predicted octanol–water partition coefficient (Wildman–Crippen LogP) is 1.83. The Hall–Kier alpha value is -2.46. The normalized spacial score (nSPS) is 21.1. The van der Waals surface area contributed by atoms with E-state index in [1.165, 1.54) is 0 Å². The summed E-state index contributed by atoms with van der Waals surface area (Å²) >= 11 is 0. The molecule has 3 heterocycles. The molecular formula is C14H15N5O2. The molecule has 0 bridgehead atoms. The van der Waals surface area contributed by atoms with Crippen molar-refractivity contribution in [1.82, 2.24) is 15.1 Å². The number of hydrogen-bond donors (Lipinski definition) is 1. The van der Waals surface area contributed by atoms with E-state index < -0.39 is 0 Å². The molecule has 0 unspecified atom stereocenters. The van der Waals surface area contributed by atoms with E-state index in [4.69, 9.17) is 14.5 Å². The van der Waals surface area contributed by atoms with Gasteiger partial charge in [0.25, 0.3) is 5.89 Å². The first kappa shape index (κ1) is 13.5. The monoisotopic (exact) mass is 285 g/mol. The highest BCUT2D eigenvalue weighted by Crippen LogP contribution is 2.33. The Morgan fingerprint density at radius 2 is 2.43 bits per heavy atom. The highest BCUT2D eigenvalue weighted by atomic mass is 16.5. The molecule has 2 aromatic heterocycles. The lowest BCUT2D eigenvalue weighted by Crippen LogP contribution is -2.18. The van der Waals surface area contributed by atoms with Crippen LogP contribution < -0.4 is 5.32 Å². The van der Waals surface area contributed by atoms with E-state index in [0.29, 0.717) is 30.6 Å². The molecule has 21 heavy (non-hydrogen) atoms. The molecule has 1 fully saturated rings. The zero-order valence-electron chi connectivity index (χ0n) is 11.6. The number of nitrogens with zero attached hydrogens (tertiary/aromatic N) is 4. The molecule has 2 atom stereocenters. The minimum Gasteiger partial charge on any atom is -0.385 e. The van der Waals surface area contributed by atoms with Crippen molar-refractivity contribution in [3.8, 4) is 6.07 Å². The third kappa shape index (κ3) is 3.01. The van der Waals surface area contributed by atoms with E-state index in [1.807, 2.05) is 12.1 Å². The summed E-state index contributed by atoms with van der Waals surface area (Å²) in [6, 6.07) is 5.58. The number of aromatic nitrogens is 3. The zero-order valence-corrected chi connectivity index (χ0v) is 11.6. The summed E-state index contributed by atoms with van der Waals surface area (Å²) in [7, 11) is 0. The maximum atomic E-state index is 8.85. The third-order valence-corrected chi connectivity index (χ3v) is 3.44. The minimum atomic E-state index is -0.170. The Morgan fingerprint density at radius 3 is 3.19 bits per heavy atom. The van der Waals surface area contributed by atoms with E-state index >= 15 is 0 Å². The molecule has 0 aliphatic carbocycles. The van der Waals surface area contributed by atoms with Gasteiger partial charge >= 0.3 is 0 Å². The number of aryl methyl sites for hydroxylation is 1. The second kappa shape index (κ2) is 5.89. The molecule has 0 amide bonds. The van der Waals surface area contributed by atoms with Crippen molar-refractivity contribution in [2.75, 3.05) is 18.5 Å². The van der Waals surface area contributed by atoms with Crippen molar-refractivity contribution in [3.63, 3.8) is 0 Å². The highest BCUT2D eigenvalue weighted by molar-refractivity contribution is 5.45. The Bertz CT molecular complexity index is 663. The Labute approximate surface area is 121 Å². The van der Waals surface area contributed by atoms with Crippen molar-refractivity contribution in [3.05, 3.63) is 35.7 Å². The number of pyridine rings is 1. The Balaban J connectivity index is 1.65. The topological polar surface area (TPSA) is 96.9 Å². The molecule has 1 saturated heterocycles. The lowest BCUT2D eigenvalue weighted by Gasteiger charge is -2.16. The second-order valence-corrected chi connectivity index (χ2v) is 4.94. The molecule has 0 saturated carbocycles. The van der Waals surface area contributed by atoms with Gasteiger partial charge in [0, 0.05) is 31.0 Å². The zero-order chi connectivity index (χ0) is 14.7. The van der Waals surface area contributed by atoms with Crippen LogP contribution in [0.25, 0.3) is 0 Å². The molecule has 0 spiro atoms. The van der Waals surface area contributed by atoms with Crippen LogP contribution in [0.1, 0.15) is 29.9 Å². The highest BCUT2D eigenvalue weighted by Gasteiger charge is 2.33. The van der Waals surface area contributed by atoms with Crippen molar-refractivity contribution in [1.29, 1.82) is 5.26 Å². The largest absolute Gasteiger partial charge is 0.385 e. The summed E-state index contributed by atoms with van der Waals surface area (Å²) in [6.45, 7) is 3.18. The van der Waals surface area contributed by atoms with Crippen LogP contribution in [0.5, 0.6) is 0 Å². The maximum Gasteiger partial charge on any atom is 0.256 e. The molecule has 0 aromatic carbocycles. The molecular weight excluding hydrogens is 270 g/mol. The Kier molecular flexibility index (Phi) is 3.79. The first-order chi connectivity index (χ1) is 10.3. The van der Waals surface area contributed by atoms with E-state index in [0.717, 1.165) is 12.1 Å². The molecule has 2 aromatic rings. The van der Waals surface area contributed by atoms with Crippen LogP contribution in [-0.4, -0.2) is 28.3 Å². The van der Waals surface area contributed by atoms with Crippen molar-refractivity contribution in [2.24, 2.45) is 5.92 Å². The molecule has 1 aliphatic heterocycles. The van der Waals surface area contributed by atoms with E-state index in [2.05, 4.69) is 20.4 Å².